The zero-order chi connectivity index (χ0) is 14.5. The highest BCUT2D eigenvalue weighted by atomic mass is 16.6. The van der Waals surface area contributed by atoms with Gasteiger partial charge >= 0.3 is 6.09 Å². The topological polar surface area (TPSA) is 38.8 Å². The highest BCUT2D eigenvalue weighted by Gasteiger charge is 2.19. The molecule has 0 unspecified atom stereocenters. The molecular weight excluding hydrogens is 242 g/mol. The molecule has 19 heavy (non-hydrogen) atoms. The second kappa shape index (κ2) is 6.45. The molecule has 0 aliphatic carbocycles. The Balaban J connectivity index is 2.37. The van der Waals surface area contributed by atoms with Crippen molar-refractivity contribution in [2.75, 3.05) is 20.2 Å². The van der Waals surface area contributed by atoms with Crippen LogP contribution in [0.5, 0.6) is 5.75 Å². The molecule has 0 aliphatic heterocycles. The summed E-state index contributed by atoms with van der Waals surface area (Å²) in [4.78, 5) is 13.2. The Bertz CT molecular complexity index is 424. The van der Waals surface area contributed by atoms with Crippen LogP contribution >= 0.6 is 0 Å². The molecule has 4 heteroatoms. The number of nitrogens with zero attached hydrogens (tertiary/aromatic N) is 1. The van der Waals surface area contributed by atoms with Gasteiger partial charge in [0.05, 0.1) is 6.54 Å². The molecule has 0 bridgehead atoms. The van der Waals surface area contributed by atoms with E-state index in [-0.39, 0.29) is 6.09 Å². The molecule has 1 amide bonds. The first kappa shape index (κ1) is 15.3. The van der Waals surface area contributed by atoms with Gasteiger partial charge in [0.25, 0.3) is 0 Å². The summed E-state index contributed by atoms with van der Waals surface area (Å²) < 4.78 is 10.9. The number of para-hydroxylation sites is 1. The van der Waals surface area contributed by atoms with Crippen LogP contribution in [0.15, 0.2) is 24.3 Å². The third kappa shape index (κ3) is 5.64. The number of aryl methyl sites for hydroxylation is 1. The van der Waals surface area contributed by atoms with E-state index in [0.717, 1.165) is 11.3 Å². The van der Waals surface area contributed by atoms with E-state index in [1.807, 2.05) is 52.0 Å². The second-order valence-electron chi connectivity index (χ2n) is 5.52. The van der Waals surface area contributed by atoms with E-state index < -0.39 is 5.60 Å². The monoisotopic (exact) mass is 265 g/mol. The fourth-order valence-corrected chi connectivity index (χ4v) is 1.44. The van der Waals surface area contributed by atoms with E-state index in [0.29, 0.717) is 13.2 Å². The van der Waals surface area contributed by atoms with Crippen LogP contribution in [0.2, 0.25) is 0 Å². The van der Waals surface area contributed by atoms with Crippen molar-refractivity contribution in [2.24, 2.45) is 0 Å². The summed E-state index contributed by atoms with van der Waals surface area (Å²) in [5, 5.41) is 0. The molecule has 1 aromatic rings. The molecular formula is C15H23NO3. The Morgan fingerprint density at radius 1 is 1.26 bits per heavy atom. The average Bonchev–Trinajstić information content (AvgIpc) is 2.29. The number of carbonyl (C=O) groups is 1. The SMILES string of the molecule is Cc1ccccc1OCCN(C)C(=O)OC(C)(C)C. The molecule has 0 N–H and O–H groups in total. The smallest absolute Gasteiger partial charge is 0.410 e. The fourth-order valence-electron chi connectivity index (χ4n) is 1.44. The van der Waals surface area contributed by atoms with Gasteiger partial charge < -0.3 is 14.4 Å². The number of ether oxygens (including phenoxy) is 2. The lowest BCUT2D eigenvalue weighted by Crippen LogP contribution is -2.36. The Morgan fingerprint density at radius 2 is 1.89 bits per heavy atom. The molecule has 0 atom stereocenters. The first-order valence-electron chi connectivity index (χ1n) is 6.42. The lowest BCUT2D eigenvalue weighted by atomic mass is 10.2. The quantitative estimate of drug-likeness (QED) is 0.839. The number of likely N-dealkylation sites (N-methyl/N-ethyl adjacent to an activating group) is 1. The number of benzene rings is 1. The van der Waals surface area contributed by atoms with Gasteiger partial charge in [0, 0.05) is 7.05 Å². The van der Waals surface area contributed by atoms with E-state index >= 15 is 0 Å². The fraction of sp³-hybridized carbons (Fsp3) is 0.533. The van der Waals surface area contributed by atoms with Gasteiger partial charge in [-0.15, -0.1) is 0 Å². The van der Waals surface area contributed by atoms with Gasteiger partial charge in [0.15, 0.2) is 0 Å². The van der Waals surface area contributed by atoms with Gasteiger partial charge in [-0.2, -0.15) is 0 Å². The first-order chi connectivity index (χ1) is 8.79. The normalized spacial score (nSPS) is 11.0. The zero-order valence-corrected chi connectivity index (χ0v) is 12.4. The number of rotatable bonds is 4. The predicted molar refractivity (Wildman–Crippen MR) is 75.5 cm³/mol. The molecule has 0 spiro atoms. The largest absolute Gasteiger partial charge is 0.491 e. The summed E-state index contributed by atoms with van der Waals surface area (Å²) in [5.41, 5.74) is 0.616. The highest BCUT2D eigenvalue weighted by Crippen LogP contribution is 2.16. The van der Waals surface area contributed by atoms with Gasteiger partial charge in [-0.1, -0.05) is 18.2 Å². The van der Waals surface area contributed by atoms with Crippen molar-refractivity contribution in [2.45, 2.75) is 33.3 Å². The average molecular weight is 265 g/mol. The van der Waals surface area contributed by atoms with Crippen LogP contribution in [-0.2, 0) is 4.74 Å². The minimum absolute atomic E-state index is 0.333. The molecule has 106 valence electrons. The van der Waals surface area contributed by atoms with Crippen LogP contribution in [0.25, 0.3) is 0 Å². The summed E-state index contributed by atoms with van der Waals surface area (Å²) in [6, 6.07) is 7.81. The van der Waals surface area contributed by atoms with Crippen molar-refractivity contribution in [1.82, 2.24) is 4.90 Å². The number of carbonyl (C=O) groups excluding carboxylic acids is 1. The molecule has 0 heterocycles. The summed E-state index contributed by atoms with van der Waals surface area (Å²) in [6.45, 7) is 8.48. The Kier molecular flexibility index (Phi) is 5.21. The standard InChI is InChI=1S/C15H23NO3/c1-12-8-6-7-9-13(12)18-11-10-16(5)14(17)19-15(2,3)4/h6-9H,10-11H2,1-5H3. The van der Waals surface area contributed by atoms with E-state index in [2.05, 4.69) is 0 Å². The highest BCUT2D eigenvalue weighted by molar-refractivity contribution is 5.67. The molecule has 0 aromatic heterocycles. The minimum atomic E-state index is -0.470. The number of amides is 1. The Hall–Kier alpha value is -1.71. The molecule has 0 aliphatic rings. The van der Waals surface area contributed by atoms with E-state index in [9.17, 15) is 4.79 Å². The first-order valence-corrected chi connectivity index (χ1v) is 6.42. The summed E-state index contributed by atoms with van der Waals surface area (Å²) in [6.07, 6.45) is -0.333. The van der Waals surface area contributed by atoms with Crippen molar-refractivity contribution in [3.05, 3.63) is 29.8 Å². The van der Waals surface area contributed by atoms with Crippen molar-refractivity contribution >= 4 is 6.09 Å². The lowest BCUT2D eigenvalue weighted by Gasteiger charge is -2.24. The van der Waals surface area contributed by atoms with Gasteiger partial charge in [-0.05, 0) is 39.3 Å². The van der Waals surface area contributed by atoms with Gasteiger partial charge in [-0.3, -0.25) is 0 Å². The van der Waals surface area contributed by atoms with E-state index in [4.69, 9.17) is 9.47 Å². The number of hydrogen-bond donors (Lipinski definition) is 0. The minimum Gasteiger partial charge on any atom is -0.491 e. The molecule has 0 saturated heterocycles. The Morgan fingerprint density at radius 3 is 2.47 bits per heavy atom. The van der Waals surface area contributed by atoms with Crippen LogP contribution in [0.1, 0.15) is 26.3 Å². The maximum Gasteiger partial charge on any atom is 0.410 e. The van der Waals surface area contributed by atoms with Crippen molar-refractivity contribution in [1.29, 1.82) is 0 Å². The van der Waals surface area contributed by atoms with Crippen molar-refractivity contribution in [3.63, 3.8) is 0 Å². The molecule has 0 saturated carbocycles. The van der Waals surface area contributed by atoms with E-state index in [1.165, 1.54) is 4.90 Å². The van der Waals surface area contributed by atoms with Crippen LogP contribution in [0.4, 0.5) is 4.79 Å². The molecule has 1 rings (SSSR count). The van der Waals surface area contributed by atoms with E-state index in [1.54, 1.807) is 7.05 Å². The lowest BCUT2D eigenvalue weighted by molar-refractivity contribution is 0.0278. The van der Waals surface area contributed by atoms with Crippen molar-refractivity contribution in [3.8, 4) is 5.75 Å². The van der Waals surface area contributed by atoms with Crippen molar-refractivity contribution < 1.29 is 14.3 Å². The predicted octanol–water partition coefficient (Wildman–Crippen LogP) is 3.24. The summed E-state index contributed by atoms with van der Waals surface area (Å²) >= 11 is 0. The van der Waals surface area contributed by atoms with Gasteiger partial charge in [0.2, 0.25) is 0 Å². The summed E-state index contributed by atoms with van der Waals surface area (Å²) in [7, 11) is 1.70. The summed E-state index contributed by atoms with van der Waals surface area (Å²) in [5.74, 6) is 0.847. The molecule has 0 radical (unpaired) electrons. The maximum atomic E-state index is 11.7. The van der Waals surface area contributed by atoms with Crippen LogP contribution < -0.4 is 4.74 Å². The zero-order valence-electron chi connectivity index (χ0n) is 12.4. The molecule has 4 nitrogen and oxygen atoms in total. The molecule has 0 fully saturated rings. The third-order valence-corrected chi connectivity index (χ3v) is 2.48. The Labute approximate surface area is 115 Å². The molecule has 1 aromatic carbocycles. The van der Waals surface area contributed by atoms with Crippen LogP contribution in [0.3, 0.4) is 0 Å². The second-order valence-corrected chi connectivity index (χ2v) is 5.52. The number of hydrogen-bond acceptors (Lipinski definition) is 3. The van der Waals surface area contributed by atoms with Gasteiger partial charge in [0.1, 0.15) is 18.0 Å². The maximum absolute atomic E-state index is 11.7. The van der Waals surface area contributed by atoms with Crippen LogP contribution in [-0.4, -0.2) is 36.8 Å². The van der Waals surface area contributed by atoms with Gasteiger partial charge in [-0.25, -0.2) is 4.79 Å². The third-order valence-electron chi connectivity index (χ3n) is 2.48. The van der Waals surface area contributed by atoms with Crippen LogP contribution in [0, 0.1) is 6.92 Å².